The summed E-state index contributed by atoms with van der Waals surface area (Å²) in [5.74, 6) is -1.33. The Kier molecular flexibility index (Phi) is 9.64. The molecule has 28 heavy (non-hydrogen) atoms. The summed E-state index contributed by atoms with van der Waals surface area (Å²) in [5, 5.41) is 6.85. The first kappa shape index (κ1) is 23.6. The number of primary amides is 1. The van der Waals surface area contributed by atoms with E-state index in [2.05, 4.69) is 15.7 Å². The van der Waals surface area contributed by atoms with Crippen molar-refractivity contribution >= 4 is 25.4 Å². The minimum atomic E-state index is -4.09. The first-order chi connectivity index (χ1) is 13.1. The monoisotopic (exact) mass is 414 g/mol. The number of nitrogens with one attached hydrogen (secondary N) is 3. The summed E-state index contributed by atoms with van der Waals surface area (Å²) in [6, 6.07) is 7.92. The molecule has 0 aliphatic carbocycles. The van der Waals surface area contributed by atoms with Crippen LogP contribution < -0.4 is 21.5 Å². The van der Waals surface area contributed by atoms with Gasteiger partial charge in [0.25, 0.3) is 7.52 Å². The number of carbonyl (C=O) groups excluding carboxylic acids is 3. The fraction of sp³-hybridized carbons (Fsp3) is 0.471. The number of alkyl carbamates (subject to hydrolysis) is 1. The highest BCUT2D eigenvalue weighted by Gasteiger charge is 2.29. The zero-order valence-electron chi connectivity index (χ0n) is 15.9. The van der Waals surface area contributed by atoms with E-state index in [1.54, 1.807) is 24.3 Å². The topological polar surface area (TPSA) is 160 Å². The second kappa shape index (κ2) is 11.4. The highest BCUT2D eigenvalue weighted by molar-refractivity contribution is 7.55. The van der Waals surface area contributed by atoms with Crippen LogP contribution in [0.3, 0.4) is 0 Å². The van der Waals surface area contributed by atoms with Gasteiger partial charge in [0.2, 0.25) is 11.8 Å². The molecule has 2 atom stereocenters. The SMILES string of the molecule is CC(C)C[C@H](NP(=O)(O)CNC(=O)OCc1ccccc1)C(=O)NCC(N)=O. The maximum absolute atomic E-state index is 12.3. The summed E-state index contributed by atoms with van der Waals surface area (Å²) >= 11 is 0. The summed E-state index contributed by atoms with van der Waals surface area (Å²) < 4.78 is 17.3. The smallest absolute Gasteiger partial charge is 0.407 e. The lowest BCUT2D eigenvalue weighted by atomic mass is 10.0. The number of rotatable bonds is 11. The van der Waals surface area contributed by atoms with Crippen LogP contribution >= 0.6 is 7.52 Å². The molecule has 3 amide bonds. The molecule has 0 saturated heterocycles. The van der Waals surface area contributed by atoms with Crippen LogP contribution in [0, 0.1) is 5.92 Å². The Balaban J connectivity index is 2.54. The van der Waals surface area contributed by atoms with Crippen molar-refractivity contribution in [3.63, 3.8) is 0 Å². The molecule has 0 saturated carbocycles. The van der Waals surface area contributed by atoms with Gasteiger partial charge in [0, 0.05) is 0 Å². The van der Waals surface area contributed by atoms with Crippen LogP contribution in [0.4, 0.5) is 4.79 Å². The molecule has 1 aromatic carbocycles. The maximum atomic E-state index is 12.3. The van der Waals surface area contributed by atoms with E-state index in [0.29, 0.717) is 0 Å². The summed E-state index contributed by atoms with van der Waals surface area (Å²) in [5.41, 5.74) is 5.75. The van der Waals surface area contributed by atoms with Gasteiger partial charge in [0.05, 0.1) is 12.6 Å². The molecule has 0 spiro atoms. The molecule has 0 fully saturated rings. The zero-order chi connectivity index (χ0) is 21.2. The summed E-state index contributed by atoms with van der Waals surface area (Å²) in [7, 11) is -4.09. The molecule has 0 heterocycles. The molecule has 10 nitrogen and oxygen atoms in total. The van der Waals surface area contributed by atoms with Crippen LogP contribution in [0.25, 0.3) is 0 Å². The number of benzene rings is 1. The molecule has 0 bridgehead atoms. The molecule has 0 aromatic heterocycles. The summed E-state index contributed by atoms with van der Waals surface area (Å²) in [6.45, 7) is 3.30. The molecule has 0 aliphatic heterocycles. The third-order valence-corrected chi connectivity index (χ3v) is 4.77. The minimum absolute atomic E-state index is 0.0152. The Morgan fingerprint density at radius 2 is 1.82 bits per heavy atom. The molecule has 0 aliphatic rings. The number of carbonyl (C=O) groups is 3. The normalized spacial score (nSPS) is 14.0. The predicted molar refractivity (Wildman–Crippen MR) is 103 cm³/mol. The van der Waals surface area contributed by atoms with Crippen LogP contribution in [0.1, 0.15) is 25.8 Å². The van der Waals surface area contributed by atoms with Gasteiger partial charge in [-0.15, -0.1) is 0 Å². The fourth-order valence-electron chi connectivity index (χ4n) is 2.22. The van der Waals surface area contributed by atoms with Gasteiger partial charge in [-0.2, -0.15) is 0 Å². The molecule has 1 rings (SSSR count). The van der Waals surface area contributed by atoms with Crippen LogP contribution in [-0.2, 0) is 25.5 Å². The van der Waals surface area contributed by atoms with Gasteiger partial charge in [0.1, 0.15) is 12.9 Å². The second-order valence-electron chi connectivity index (χ2n) is 6.59. The number of hydrogen-bond donors (Lipinski definition) is 5. The van der Waals surface area contributed by atoms with Gasteiger partial charge in [-0.05, 0) is 17.9 Å². The van der Waals surface area contributed by atoms with Crippen molar-refractivity contribution in [2.24, 2.45) is 11.7 Å². The van der Waals surface area contributed by atoms with Gasteiger partial charge in [0.15, 0.2) is 0 Å². The number of hydrogen-bond acceptors (Lipinski definition) is 5. The summed E-state index contributed by atoms with van der Waals surface area (Å²) in [6.07, 6.45) is -1.25. The fourth-order valence-corrected chi connectivity index (χ4v) is 3.37. The lowest BCUT2D eigenvalue weighted by Crippen LogP contribution is -2.46. The average Bonchev–Trinajstić information content (AvgIpc) is 2.62. The van der Waals surface area contributed by atoms with Crippen molar-refractivity contribution in [1.29, 1.82) is 0 Å². The lowest BCUT2D eigenvalue weighted by Gasteiger charge is -2.23. The standard InChI is InChI=1S/C17H27N4O6P/c1-12(2)8-14(16(23)19-9-15(18)22)21-28(25,26)11-20-17(24)27-10-13-6-4-3-5-7-13/h3-7,12,14H,8-11H2,1-2H3,(H2,18,22)(H,19,23)(H,20,24)(H2,21,25,26)/t14-/m0/s1. The Labute approximate surface area is 163 Å². The predicted octanol–water partition coefficient (Wildman–Crippen LogP) is 0.662. The number of amides is 3. The van der Waals surface area contributed by atoms with E-state index >= 15 is 0 Å². The number of ether oxygens (including phenoxy) is 1. The minimum Gasteiger partial charge on any atom is -0.445 e. The molecule has 1 unspecified atom stereocenters. The third-order valence-electron chi connectivity index (χ3n) is 3.47. The quantitative estimate of drug-likeness (QED) is 0.333. The molecule has 1 aromatic rings. The molecule has 6 N–H and O–H groups in total. The second-order valence-corrected chi connectivity index (χ2v) is 8.57. The first-order valence-electron chi connectivity index (χ1n) is 8.69. The number of nitrogens with two attached hydrogens (primary N) is 1. The Hall–Kier alpha value is -2.42. The maximum Gasteiger partial charge on any atom is 0.407 e. The van der Waals surface area contributed by atoms with Gasteiger partial charge < -0.3 is 26.0 Å². The van der Waals surface area contributed by atoms with Crippen LogP contribution in [0.5, 0.6) is 0 Å². The third kappa shape index (κ3) is 10.1. The van der Waals surface area contributed by atoms with Gasteiger partial charge in [-0.3, -0.25) is 14.2 Å². The van der Waals surface area contributed by atoms with E-state index in [9.17, 15) is 23.8 Å². The van der Waals surface area contributed by atoms with E-state index in [-0.39, 0.29) is 25.5 Å². The lowest BCUT2D eigenvalue weighted by molar-refractivity contribution is -0.126. The van der Waals surface area contributed by atoms with E-state index in [1.165, 1.54) is 0 Å². The van der Waals surface area contributed by atoms with Crippen molar-refractivity contribution < 1.29 is 28.6 Å². The Morgan fingerprint density at radius 3 is 2.39 bits per heavy atom. The highest BCUT2D eigenvalue weighted by Crippen LogP contribution is 2.35. The van der Waals surface area contributed by atoms with Gasteiger partial charge in [-0.1, -0.05) is 44.2 Å². The van der Waals surface area contributed by atoms with Crippen molar-refractivity contribution in [2.45, 2.75) is 32.9 Å². The molecule has 0 radical (unpaired) electrons. The van der Waals surface area contributed by atoms with Crippen molar-refractivity contribution in [3.05, 3.63) is 35.9 Å². The summed E-state index contributed by atoms with van der Waals surface area (Å²) in [4.78, 5) is 44.7. The Morgan fingerprint density at radius 1 is 1.18 bits per heavy atom. The van der Waals surface area contributed by atoms with E-state index in [0.717, 1.165) is 5.56 Å². The zero-order valence-corrected chi connectivity index (χ0v) is 16.8. The van der Waals surface area contributed by atoms with Crippen molar-refractivity contribution in [3.8, 4) is 0 Å². The molecular weight excluding hydrogens is 387 g/mol. The van der Waals surface area contributed by atoms with E-state index in [4.69, 9.17) is 10.5 Å². The van der Waals surface area contributed by atoms with Crippen LogP contribution in [0.15, 0.2) is 30.3 Å². The molecule has 156 valence electrons. The van der Waals surface area contributed by atoms with Crippen molar-refractivity contribution in [2.75, 3.05) is 12.8 Å². The van der Waals surface area contributed by atoms with Gasteiger partial charge in [-0.25, -0.2) is 9.88 Å². The average molecular weight is 414 g/mol. The highest BCUT2D eigenvalue weighted by atomic mass is 31.2. The molecule has 11 heteroatoms. The van der Waals surface area contributed by atoms with Crippen LogP contribution in [-0.4, -0.2) is 41.7 Å². The largest absolute Gasteiger partial charge is 0.445 e. The van der Waals surface area contributed by atoms with Crippen LogP contribution in [0.2, 0.25) is 0 Å². The van der Waals surface area contributed by atoms with E-state index < -0.39 is 37.8 Å². The van der Waals surface area contributed by atoms with E-state index in [1.807, 2.05) is 19.9 Å². The molecular formula is C17H27N4O6P. The first-order valence-corrected chi connectivity index (χ1v) is 10.5. The Bertz CT molecular complexity index is 713. The van der Waals surface area contributed by atoms with Crippen molar-refractivity contribution in [1.82, 2.24) is 15.7 Å². The van der Waals surface area contributed by atoms with Gasteiger partial charge >= 0.3 is 6.09 Å².